The Balaban J connectivity index is 1.59. The molecule has 21 heavy (non-hydrogen) atoms. The Hall–Kier alpha value is -0.690. The zero-order valence-electron chi connectivity index (χ0n) is 13.1. The van der Waals surface area contributed by atoms with Gasteiger partial charge >= 0.3 is 0 Å². The van der Waals surface area contributed by atoms with Gasteiger partial charge in [0.15, 0.2) is 5.79 Å². The van der Waals surface area contributed by atoms with Crippen LogP contribution in [-0.4, -0.2) is 80.5 Å². The molecule has 1 N–H and O–H groups in total. The highest BCUT2D eigenvalue weighted by Crippen LogP contribution is 2.39. The highest BCUT2D eigenvalue weighted by Gasteiger charge is 2.44. The number of likely N-dealkylation sites (N-methyl/N-ethyl adjacent to an activating group) is 1. The van der Waals surface area contributed by atoms with E-state index in [-0.39, 0.29) is 23.8 Å². The van der Waals surface area contributed by atoms with Gasteiger partial charge in [-0.25, -0.2) is 0 Å². The third-order valence-corrected chi connectivity index (χ3v) is 4.80. The van der Waals surface area contributed by atoms with Crippen molar-refractivity contribution in [3.8, 4) is 0 Å². The van der Waals surface area contributed by atoms with E-state index in [0.717, 1.165) is 39.0 Å². The quantitative estimate of drug-likeness (QED) is 0.797. The fourth-order valence-corrected chi connectivity index (χ4v) is 3.65. The summed E-state index contributed by atoms with van der Waals surface area (Å²) in [5.41, 5.74) is 0. The first-order valence-electron chi connectivity index (χ1n) is 8.07. The number of carbonyl (C=O) groups excluding carboxylic acids is 1. The molecule has 1 saturated carbocycles. The average molecular weight is 297 g/mol. The van der Waals surface area contributed by atoms with Crippen LogP contribution >= 0.6 is 0 Å². The maximum Gasteiger partial charge on any atom is 0.240 e. The van der Waals surface area contributed by atoms with Gasteiger partial charge in [0.2, 0.25) is 5.91 Å². The summed E-state index contributed by atoms with van der Waals surface area (Å²) in [5, 5.41) is 3.31. The SMILES string of the molecule is CN(C)C(=O)C1CNCCN1CC1COC2(CCCC2)O1. The number of nitrogens with zero attached hydrogens (tertiary/aromatic N) is 2. The molecule has 6 nitrogen and oxygen atoms in total. The summed E-state index contributed by atoms with van der Waals surface area (Å²) in [5.74, 6) is -0.142. The topological polar surface area (TPSA) is 54.0 Å². The summed E-state index contributed by atoms with van der Waals surface area (Å²) in [7, 11) is 3.63. The lowest BCUT2D eigenvalue weighted by molar-refractivity contribution is -0.164. The number of ether oxygens (including phenoxy) is 2. The maximum absolute atomic E-state index is 12.3. The minimum atomic E-state index is -0.306. The van der Waals surface area contributed by atoms with Crippen molar-refractivity contribution < 1.29 is 14.3 Å². The van der Waals surface area contributed by atoms with Crippen molar-refractivity contribution in [2.75, 3.05) is 46.9 Å². The lowest BCUT2D eigenvalue weighted by Crippen LogP contribution is -2.59. The predicted molar refractivity (Wildman–Crippen MR) is 78.9 cm³/mol. The van der Waals surface area contributed by atoms with Crippen molar-refractivity contribution in [1.29, 1.82) is 0 Å². The Labute approximate surface area is 126 Å². The number of nitrogens with one attached hydrogen (secondary N) is 1. The average Bonchev–Trinajstić information content (AvgIpc) is 3.09. The summed E-state index contributed by atoms with van der Waals surface area (Å²) in [4.78, 5) is 16.2. The van der Waals surface area contributed by atoms with E-state index in [1.54, 1.807) is 4.90 Å². The molecule has 3 fully saturated rings. The zero-order valence-corrected chi connectivity index (χ0v) is 13.1. The molecule has 2 atom stereocenters. The fourth-order valence-electron chi connectivity index (χ4n) is 3.65. The van der Waals surface area contributed by atoms with Gasteiger partial charge in [-0.2, -0.15) is 0 Å². The van der Waals surface area contributed by atoms with Gasteiger partial charge in [-0.05, 0) is 12.8 Å². The van der Waals surface area contributed by atoms with Crippen molar-refractivity contribution in [2.45, 2.75) is 43.6 Å². The largest absolute Gasteiger partial charge is 0.347 e. The van der Waals surface area contributed by atoms with Crippen LogP contribution in [0.5, 0.6) is 0 Å². The normalized spacial score (nSPS) is 32.7. The summed E-state index contributed by atoms with van der Waals surface area (Å²) in [6.07, 6.45) is 4.53. The number of carbonyl (C=O) groups is 1. The molecule has 120 valence electrons. The maximum atomic E-state index is 12.3. The van der Waals surface area contributed by atoms with Crippen LogP contribution in [0.3, 0.4) is 0 Å². The minimum Gasteiger partial charge on any atom is -0.347 e. The smallest absolute Gasteiger partial charge is 0.240 e. The van der Waals surface area contributed by atoms with Crippen LogP contribution in [0.15, 0.2) is 0 Å². The molecule has 1 aliphatic carbocycles. The van der Waals surface area contributed by atoms with Crippen LogP contribution in [-0.2, 0) is 14.3 Å². The third kappa shape index (κ3) is 3.23. The number of rotatable bonds is 3. The van der Waals surface area contributed by atoms with Gasteiger partial charge in [0.25, 0.3) is 0 Å². The predicted octanol–water partition coefficient (Wildman–Crippen LogP) is 0.0341. The molecule has 2 unspecified atom stereocenters. The number of piperazine rings is 1. The second-order valence-electron chi connectivity index (χ2n) is 6.62. The van der Waals surface area contributed by atoms with Crippen LogP contribution in [0.25, 0.3) is 0 Å². The van der Waals surface area contributed by atoms with Crippen molar-refractivity contribution >= 4 is 5.91 Å². The standard InChI is InChI=1S/C15H27N3O3/c1-17(2)14(19)13-9-16-7-8-18(13)10-12-11-20-15(21-12)5-3-4-6-15/h12-13,16H,3-11H2,1-2H3. The second-order valence-corrected chi connectivity index (χ2v) is 6.62. The van der Waals surface area contributed by atoms with Crippen LogP contribution in [0, 0.1) is 0 Å². The molecule has 0 bridgehead atoms. The van der Waals surface area contributed by atoms with Crippen LogP contribution in [0.2, 0.25) is 0 Å². The molecule has 0 aromatic carbocycles. The monoisotopic (exact) mass is 297 g/mol. The van der Waals surface area contributed by atoms with E-state index >= 15 is 0 Å². The lowest BCUT2D eigenvalue weighted by atomic mass is 10.1. The van der Waals surface area contributed by atoms with Crippen LogP contribution in [0.4, 0.5) is 0 Å². The molecule has 2 saturated heterocycles. The van der Waals surface area contributed by atoms with Crippen molar-refractivity contribution in [2.24, 2.45) is 0 Å². The van der Waals surface area contributed by atoms with Crippen molar-refractivity contribution in [3.63, 3.8) is 0 Å². The first-order chi connectivity index (χ1) is 10.1. The molecular formula is C15H27N3O3. The lowest BCUT2D eigenvalue weighted by Gasteiger charge is -2.37. The molecular weight excluding hydrogens is 270 g/mol. The van der Waals surface area contributed by atoms with Gasteiger partial charge < -0.3 is 19.7 Å². The molecule has 0 aromatic heterocycles. The fraction of sp³-hybridized carbons (Fsp3) is 0.933. The number of hydrogen-bond donors (Lipinski definition) is 1. The molecule has 6 heteroatoms. The molecule has 2 heterocycles. The summed E-state index contributed by atoms with van der Waals surface area (Å²) in [6, 6.07) is -0.0857. The van der Waals surface area contributed by atoms with E-state index in [0.29, 0.717) is 6.61 Å². The third-order valence-electron chi connectivity index (χ3n) is 4.80. The molecule has 2 aliphatic heterocycles. The highest BCUT2D eigenvalue weighted by atomic mass is 16.7. The minimum absolute atomic E-state index is 0.0857. The molecule has 1 amide bonds. The van der Waals surface area contributed by atoms with E-state index in [1.165, 1.54) is 12.8 Å². The molecule has 1 spiro atoms. The Morgan fingerprint density at radius 3 is 2.86 bits per heavy atom. The van der Waals surface area contributed by atoms with Crippen molar-refractivity contribution in [1.82, 2.24) is 15.1 Å². The Morgan fingerprint density at radius 1 is 1.38 bits per heavy atom. The van der Waals surface area contributed by atoms with Gasteiger partial charge in [0, 0.05) is 53.1 Å². The molecule has 0 aromatic rings. The second kappa shape index (κ2) is 6.20. The van der Waals surface area contributed by atoms with Gasteiger partial charge in [0.1, 0.15) is 6.04 Å². The van der Waals surface area contributed by atoms with Gasteiger partial charge in [0.05, 0.1) is 12.7 Å². The first kappa shape index (κ1) is 15.2. The number of amides is 1. The van der Waals surface area contributed by atoms with E-state index in [2.05, 4.69) is 10.2 Å². The van der Waals surface area contributed by atoms with E-state index in [4.69, 9.17) is 9.47 Å². The highest BCUT2D eigenvalue weighted by molar-refractivity contribution is 5.81. The number of hydrogen-bond acceptors (Lipinski definition) is 5. The van der Waals surface area contributed by atoms with Gasteiger partial charge in [-0.15, -0.1) is 0 Å². The van der Waals surface area contributed by atoms with E-state index in [9.17, 15) is 4.79 Å². The molecule has 0 radical (unpaired) electrons. The Morgan fingerprint density at radius 2 is 2.14 bits per heavy atom. The Bertz CT molecular complexity index is 382. The first-order valence-corrected chi connectivity index (χ1v) is 8.07. The zero-order chi connectivity index (χ0) is 14.9. The van der Waals surface area contributed by atoms with Gasteiger partial charge in [-0.1, -0.05) is 0 Å². The summed E-state index contributed by atoms with van der Waals surface area (Å²) < 4.78 is 12.1. The summed E-state index contributed by atoms with van der Waals surface area (Å²) in [6.45, 7) is 3.98. The van der Waals surface area contributed by atoms with Crippen LogP contribution < -0.4 is 5.32 Å². The molecule has 3 aliphatic rings. The van der Waals surface area contributed by atoms with Crippen LogP contribution in [0.1, 0.15) is 25.7 Å². The van der Waals surface area contributed by atoms with Crippen molar-refractivity contribution in [3.05, 3.63) is 0 Å². The van der Waals surface area contributed by atoms with Gasteiger partial charge in [-0.3, -0.25) is 9.69 Å². The van der Waals surface area contributed by atoms with E-state index < -0.39 is 0 Å². The Kier molecular flexibility index (Phi) is 4.49. The van der Waals surface area contributed by atoms with E-state index in [1.807, 2.05) is 14.1 Å². The summed E-state index contributed by atoms with van der Waals surface area (Å²) >= 11 is 0. The molecule has 3 rings (SSSR count).